The van der Waals surface area contributed by atoms with Gasteiger partial charge in [0.1, 0.15) is 5.75 Å². The third kappa shape index (κ3) is 1.97. The molecule has 0 aliphatic rings. The van der Waals surface area contributed by atoms with E-state index in [2.05, 4.69) is 10.3 Å². The van der Waals surface area contributed by atoms with Gasteiger partial charge in [0.05, 0.1) is 5.52 Å². The molecular formula is C15H12N2O2. The van der Waals surface area contributed by atoms with Crippen LogP contribution in [0.2, 0.25) is 0 Å². The van der Waals surface area contributed by atoms with Crippen LogP contribution in [0.15, 0.2) is 42.6 Å². The van der Waals surface area contributed by atoms with E-state index in [1.54, 1.807) is 24.4 Å². The highest BCUT2D eigenvalue weighted by Gasteiger charge is 2.07. The molecule has 0 aliphatic carbocycles. The lowest BCUT2D eigenvalue weighted by Gasteiger charge is -2.08. The fourth-order valence-electron chi connectivity index (χ4n) is 2.23. The normalized spacial score (nSPS) is 10.8. The molecule has 4 nitrogen and oxygen atoms in total. The highest BCUT2D eigenvalue weighted by atomic mass is 16.3. The Morgan fingerprint density at radius 3 is 2.84 bits per heavy atom. The first-order chi connectivity index (χ1) is 9.15. The number of fused-ring (bicyclic) bond motifs is 3. The highest BCUT2D eigenvalue weighted by Crippen LogP contribution is 2.33. The number of hydrogen-bond acceptors (Lipinski definition) is 3. The van der Waals surface area contributed by atoms with Crippen LogP contribution < -0.4 is 5.32 Å². The zero-order chi connectivity index (χ0) is 13.4. The summed E-state index contributed by atoms with van der Waals surface area (Å²) in [7, 11) is 0. The standard InChI is InChI=1S/C15H12N2O2/c1-9(18)17-11-4-5-12-13(8-11)15-10(7-14(12)19)3-2-6-16-15/h2-8,19H,1H3,(H,17,18). The summed E-state index contributed by atoms with van der Waals surface area (Å²) < 4.78 is 0. The van der Waals surface area contributed by atoms with E-state index in [1.807, 2.05) is 18.2 Å². The van der Waals surface area contributed by atoms with Crippen molar-refractivity contribution in [2.24, 2.45) is 0 Å². The van der Waals surface area contributed by atoms with Crippen LogP contribution in [0.25, 0.3) is 21.7 Å². The van der Waals surface area contributed by atoms with E-state index in [1.165, 1.54) is 6.92 Å². The minimum atomic E-state index is -0.128. The molecule has 0 spiro atoms. The summed E-state index contributed by atoms with van der Waals surface area (Å²) >= 11 is 0. The first-order valence-corrected chi connectivity index (χ1v) is 5.93. The number of phenols is 1. The summed E-state index contributed by atoms with van der Waals surface area (Å²) in [5, 5.41) is 15.2. The largest absolute Gasteiger partial charge is 0.507 e. The fraction of sp³-hybridized carbons (Fsp3) is 0.0667. The maximum atomic E-state index is 11.1. The monoisotopic (exact) mass is 252 g/mol. The Hall–Kier alpha value is -2.62. The van der Waals surface area contributed by atoms with Gasteiger partial charge in [0, 0.05) is 35.0 Å². The van der Waals surface area contributed by atoms with Crippen molar-refractivity contribution in [2.75, 3.05) is 5.32 Å². The van der Waals surface area contributed by atoms with Crippen molar-refractivity contribution in [2.45, 2.75) is 6.92 Å². The number of nitrogens with zero attached hydrogens (tertiary/aromatic N) is 1. The molecule has 0 saturated carbocycles. The number of rotatable bonds is 1. The van der Waals surface area contributed by atoms with Gasteiger partial charge in [0.15, 0.2) is 0 Å². The molecule has 2 aromatic carbocycles. The third-order valence-electron chi connectivity index (χ3n) is 3.00. The average molecular weight is 252 g/mol. The molecule has 3 aromatic rings. The van der Waals surface area contributed by atoms with Crippen LogP contribution >= 0.6 is 0 Å². The molecule has 0 atom stereocenters. The van der Waals surface area contributed by atoms with Crippen molar-refractivity contribution in [3.63, 3.8) is 0 Å². The van der Waals surface area contributed by atoms with Gasteiger partial charge < -0.3 is 10.4 Å². The number of aromatic nitrogens is 1. The van der Waals surface area contributed by atoms with Crippen LogP contribution in [0, 0.1) is 0 Å². The van der Waals surface area contributed by atoms with E-state index in [4.69, 9.17) is 0 Å². The molecular weight excluding hydrogens is 240 g/mol. The van der Waals surface area contributed by atoms with Gasteiger partial charge in [0.2, 0.25) is 5.91 Å². The van der Waals surface area contributed by atoms with Gasteiger partial charge in [-0.2, -0.15) is 0 Å². The summed E-state index contributed by atoms with van der Waals surface area (Å²) in [5.41, 5.74) is 1.50. The van der Waals surface area contributed by atoms with Crippen molar-refractivity contribution in [3.05, 3.63) is 42.6 Å². The molecule has 0 fully saturated rings. The molecule has 0 aliphatic heterocycles. The number of aromatic hydroxyl groups is 1. The lowest BCUT2D eigenvalue weighted by atomic mass is 10.0. The number of hydrogen-bond donors (Lipinski definition) is 2. The summed E-state index contributed by atoms with van der Waals surface area (Å²) in [4.78, 5) is 15.5. The number of carbonyl (C=O) groups excluding carboxylic acids is 1. The van der Waals surface area contributed by atoms with Crippen LogP contribution in [0.3, 0.4) is 0 Å². The zero-order valence-corrected chi connectivity index (χ0v) is 10.3. The second kappa shape index (κ2) is 4.24. The van der Waals surface area contributed by atoms with Gasteiger partial charge in [0.25, 0.3) is 0 Å². The first kappa shape index (κ1) is 11.5. The van der Waals surface area contributed by atoms with E-state index in [0.717, 1.165) is 21.7 Å². The molecule has 3 rings (SSSR count). The molecule has 19 heavy (non-hydrogen) atoms. The second-order valence-electron chi connectivity index (χ2n) is 4.41. The molecule has 0 saturated heterocycles. The predicted molar refractivity (Wildman–Crippen MR) is 75.2 cm³/mol. The number of anilines is 1. The molecule has 1 heterocycles. The first-order valence-electron chi connectivity index (χ1n) is 5.93. The lowest BCUT2D eigenvalue weighted by molar-refractivity contribution is -0.114. The minimum Gasteiger partial charge on any atom is -0.507 e. The van der Waals surface area contributed by atoms with E-state index in [9.17, 15) is 9.90 Å². The van der Waals surface area contributed by atoms with Crippen LogP contribution in [-0.2, 0) is 4.79 Å². The molecule has 1 aromatic heterocycles. The summed E-state index contributed by atoms with van der Waals surface area (Å²) in [5.74, 6) is 0.0849. The minimum absolute atomic E-state index is 0.128. The Morgan fingerprint density at radius 2 is 2.05 bits per heavy atom. The fourth-order valence-corrected chi connectivity index (χ4v) is 2.23. The SMILES string of the molecule is CC(=O)Nc1ccc2c(O)cc3cccnc3c2c1. The molecule has 1 amide bonds. The Balaban J connectivity index is 2.35. The van der Waals surface area contributed by atoms with Gasteiger partial charge in [-0.25, -0.2) is 0 Å². The Bertz CT molecular complexity index is 797. The maximum absolute atomic E-state index is 11.1. The van der Waals surface area contributed by atoms with Gasteiger partial charge in [-0.3, -0.25) is 9.78 Å². The highest BCUT2D eigenvalue weighted by molar-refractivity contribution is 6.09. The van der Waals surface area contributed by atoms with Crippen molar-refractivity contribution in [1.29, 1.82) is 0 Å². The molecule has 94 valence electrons. The Kier molecular flexibility index (Phi) is 2.56. The second-order valence-corrected chi connectivity index (χ2v) is 4.41. The Labute approximate surface area is 109 Å². The van der Waals surface area contributed by atoms with E-state index in [-0.39, 0.29) is 11.7 Å². The molecule has 0 unspecified atom stereocenters. The number of amides is 1. The van der Waals surface area contributed by atoms with Crippen LogP contribution in [-0.4, -0.2) is 16.0 Å². The van der Waals surface area contributed by atoms with Crippen molar-refractivity contribution < 1.29 is 9.90 Å². The average Bonchev–Trinajstić information content (AvgIpc) is 2.38. The van der Waals surface area contributed by atoms with Gasteiger partial charge in [-0.15, -0.1) is 0 Å². The van der Waals surface area contributed by atoms with Crippen molar-refractivity contribution >= 4 is 33.3 Å². The molecule has 0 bridgehead atoms. The van der Waals surface area contributed by atoms with Crippen LogP contribution in [0.5, 0.6) is 5.75 Å². The Morgan fingerprint density at radius 1 is 1.21 bits per heavy atom. The quantitative estimate of drug-likeness (QED) is 0.654. The lowest BCUT2D eigenvalue weighted by Crippen LogP contribution is -2.05. The van der Waals surface area contributed by atoms with E-state index >= 15 is 0 Å². The summed E-state index contributed by atoms with van der Waals surface area (Å²) in [6.07, 6.45) is 1.71. The molecule has 4 heteroatoms. The topological polar surface area (TPSA) is 62.2 Å². The number of carbonyl (C=O) groups is 1. The van der Waals surface area contributed by atoms with Gasteiger partial charge in [-0.05, 0) is 30.3 Å². The van der Waals surface area contributed by atoms with Crippen LogP contribution in [0.1, 0.15) is 6.92 Å². The number of nitrogens with one attached hydrogen (secondary N) is 1. The molecule has 2 N–H and O–H groups in total. The van der Waals surface area contributed by atoms with Gasteiger partial charge >= 0.3 is 0 Å². The number of pyridine rings is 1. The molecule has 0 radical (unpaired) electrons. The number of phenolic OH excluding ortho intramolecular Hbond substituents is 1. The predicted octanol–water partition coefficient (Wildman–Crippen LogP) is 3.05. The van der Waals surface area contributed by atoms with E-state index in [0.29, 0.717) is 5.69 Å². The summed E-state index contributed by atoms with van der Waals surface area (Å²) in [6.45, 7) is 1.46. The van der Waals surface area contributed by atoms with Crippen molar-refractivity contribution in [1.82, 2.24) is 4.98 Å². The van der Waals surface area contributed by atoms with Gasteiger partial charge in [-0.1, -0.05) is 6.07 Å². The zero-order valence-electron chi connectivity index (χ0n) is 10.3. The van der Waals surface area contributed by atoms with Crippen molar-refractivity contribution in [3.8, 4) is 5.75 Å². The smallest absolute Gasteiger partial charge is 0.221 e. The van der Waals surface area contributed by atoms with Crippen LogP contribution in [0.4, 0.5) is 5.69 Å². The maximum Gasteiger partial charge on any atom is 0.221 e. The number of benzene rings is 2. The van der Waals surface area contributed by atoms with E-state index < -0.39 is 0 Å². The third-order valence-corrected chi connectivity index (χ3v) is 3.00. The summed E-state index contributed by atoms with van der Waals surface area (Å²) in [6, 6.07) is 10.8.